The Kier molecular flexibility index (Phi) is 3.60. The van der Waals surface area contributed by atoms with E-state index in [1.165, 1.54) is 30.4 Å². The van der Waals surface area contributed by atoms with Gasteiger partial charge in [-0.25, -0.2) is 0 Å². The SMILES string of the molecule is CCOC(=O)Cc1ccc2c(c1)CCCC2. The summed E-state index contributed by atoms with van der Waals surface area (Å²) >= 11 is 0. The van der Waals surface area contributed by atoms with Gasteiger partial charge < -0.3 is 4.74 Å². The summed E-state index contributed by atoms with van der Waals surface area (Å²) in [5, 5.41) is 0. The predicted molar refractivity (Wildman–Crippen MR) is 63.4 cm³/mol. The van der Waals surface area contributed by atoms with E-state index >= 15 is 0 Å². The van der Waals surface area contributed by atoms with Gasteiger partial charge in [0.25, 0.3) is 0 Å². The fraction of sp³-hybridized carbons (Fsp3) is 0.500. The van der Waals surface area contributed by atoms with Crippen LogP contribution in [0.25, 0.3) is 0 Å². The Balaban J connectivity index is 2.08. The van der Waals surface area contributed by atoms with Crippen LogP contribution in [0.4, 0.5) is 0 Å². The van der Waals surface area contributed by atoms with Crippen molar-refractivity contribution in [3.63, 3.8) is 0 Å². The molecule has 0 bridgehead atoms. The predicted octanol–water partition coefficient (Wildman–Crippen LogP) is 2.67. The molecule has 0 saturated heterocycles. The summed E-state index contributed by atoms with van der Waals surface area (Å²) in [5.41, 5.74) is 3.96. The van der Waals surface area contributed by atoms with E-state index in [1.54, 1.807) is 0 Å². The van der Waals surface area contributed by atoms with Gasteiger partial charge >= 0.3 is 5.97 Å². The van der Waals surface area contributed by atoms with Gasteiger partial charge in [-0.05, 0) is 49.3 Å². The molecule has 1 aromatic rings. The van der Waals surface area contributed by atoms with Crippen LogP contribution in [0.15, 0.2) is 18.2 Å². The Morgan fingerprint density at radius 2 is 2.00 bits per heavy atom. The third kappa shape index (κ3) is 2.63. The molecule has 0 atom stereocenters. The van der Waals surface area contributed by atoms with Gasteiger partial charge in [0.2, 0.25) is 0 Å². The average molecular weight is 218 g/mol. The second kappa shape index (κ2) is 5.15. The maximum absolute atomic E-state index is 11.4. The minimum Gasteiger partial charge on any atom is -0.466 e. The highest BCUT2D eigenvalue weighted by atomic mass is 16.5. The van der Waals surface area contributed by atoms with E-state index in [0.29, 0.717) is 13.0 Å². The van der Waals surface area contributed by atoms with Crippen LogP contribution in [0, 0.1) is 0 Å². The van der Waals surface area contributed by atoms with E-state index in [0.717, 1.165) is 12.0 Å². The van der Waals surface area contributed by atoms with Gasteiger partial charge in [0, 0.05) is 0 Å². The summed E-state index contributed by atoms with van der Waals surface area (Å²) in [6.07, 6.45) is 5.32. The first-order valence-electron chi connectivity index (χ1n) is 6.06. The van der Waals surface area contributed by atoms with E-state index in [9.17, 15) is 4.79 Å². The molecule has 0 N–H and O–H groups in total. The lowest BCUT2D eigenvalue weighted by molar-refractivity contribution is -0.142. The molecule has 0 aromatic heterocycles. The molecule has 1 aromatic carbocycles. The minimum absolute atomic E-state index is 0.127. The Hall–Kier alpha value is -1.31. The van der Waals surface area contributed by atoms with Crippen molar-refractivity contribution in [1.29, 1.82) is 0 Å². The molecule has 0 radical (unpaired) electrons. The summed E-state index contributed by atoms with van der Waals surface area (Å²) < 4.78 is 4.95. The summed E-state index contributed by atoms with van der Waals surface area (Å²) in [6.45, 7) is 2.30. The van der Waals surface area contributed by atoms with Crippen molar-refractivity contribution in [2.75, 3.05) is 6.61 Å². The number of esters is 1. The first-order chi connectivity index (χ1) is 7.79. The van der Waals surface area contributed by atoms with Gasteiger partial charge in [-0.2, -0.15) is 0 Å². The van der Waals surface area contributed by atoms with Crippen molar-refractivity contribution in [3.05, 3.63) is 34.9 Å². The zero-order valence-electron chi connectivity index (χ0n) is 9.79. The Morgan fingerprint density at radius 1 is 1.25 bits per heavy atom. The number of ether oxygens (including phenoxy) is 1. The molecule has 0 amide bonds. The Labute approximate surface area is 96.6 Å². The summed E-state index contributed by atoms with van der Waals surface area (Å²) in [7, 11) is 0. The van der Waals surface area contributed by atoms with Crippen molar-refractivity contribution in [2.24, 2.45) is 0 Å². The molecular weight excluding hydrogens is 200 g/mol. The topological polar surface area (TPSA) is 26.3 Å². The number of carbonyl (C=O) groups excluding carboxylic acids is 1. The van der Waals surface area contributed by atoms with Crippen LogP contribution >= 0.6 is 0 Å². The van der Waals surface area contributed by atoms with Crippen LogP contribution in [0.5, 0.6) is 0 Å². The smallest absolute Gasteiger partial charge is 0.310 e. The highest BCUT2D eigenvalue weighted by Gasteiger charge is 2.11. The molecule has 0 aliphatic heterocycles. The standard InChI is InChI=1S/C14H18O2/c1-2-16-14(15)10-11-7-8-12-5-3-4-6-13(12)9-11/h7-9H,2-6,10H2,1H3. The van der Waals surface area contributed by atoms with Crippen LogP contribution in [-0.4, -0.2) is 12.6 Å². The van der Waals surface area contributed by atoms with Crippen molar-refractivity contribution in [1.82, 2.24) is 0 Å². The zero-order valence-corrected chi connectivity index (χ0v) is 9.79. The minimum atomic E-state index is -0.127. The molecule has 1 aliphatic rings. The lowest BCUT2D eigenvalue weighted by atomic mass is 9.90. The van der Waals surface area contributed by atoms with Crippen molar-refractivity contribution < 1.29 is 9.53 Å². The quantitative estimate of drug-likeness (QED) is 0.729. The van der Waals surface area contributed by atoms with E-state index in [2.05, 4.69) is 18.2 Å². The fourth-order valence-electron chi connectivity index (χ4n) is 2.28. The van der Waals surface area contributed by atoms with Gasteiger partial charge in [0.05, 0.1) is 13.0 Å². The number of carbonyl (C=O) groups is 1. The monoisotopic (exact) mass is 218 g/mol. The molecule has 1 aliphatic carbocycles. The van der Waals surface area contributed by atoms with Gasteiger partial charge in [-0.1, -0.05) is 18.2 Å². The maximum atomic E-state index is 11.4. The lowest BCUT2D eigenvalue weighted by Crippen LogP contribution is -2.09. The molecule has 86 valence electrons. The van der Waals surface area contributed by atoms with Crippen LogP contribution in [0.1, 0.15) is 36.5 Å². The molecule has 0 unspecified atom stereocenters. The molecule has 0 heterocycles. The van der Waals surface area contributed by atoms with E-state index < -0.39 is 0 Å². The number of hydrogen-bond acceptors (Lipinski definition) is 2. The molecule has 0 saturated carbocycles. The van der Waals surface area contributed by atoms with Gasteiger partial charge in [0.15, 0.2) is 0 Å². The fourth-order valence-corrected chi connectivity index (χ4v) is 2.28. The third-order valence-corrected chi connectivity index (χ3v) is 3.07. The Morgan fingerprint density at radius 3 is 2.75 bits per heavy atom. The average Bonchev–Trinajstić information content (AvgIpc) is 2.29. The van der Waals surface area contributed by atoms with Crippen LogP contribution in [0.3, 0.4) is 0 Å². The van der Waals surface area contributed by atoms with Gasteiger partial charge in [-0.15, -0.1) is 0 Å². The largest absolute Gasteiger partial charge is 0.466 e. The number of hydrogen-bond donors (Lipinski definition) is 0. The Bertz CT molecular complexity index is 382. The molecule has 0 fully saturated rings. The van der Waals surface area contributed by atoms with Crippen molar-refractivity contribution in [2.45, 2.75) is 39.0 Å². The number of rotatable bonds is 3. The lowest BCUT2D eigenvalue weighted by Gasteiger charge is -2.16. The normalized spacial score (nSPS) is 14.3. The van der Waals surface area contributed by atoms with Crippen LogP contribution in [-0.2, 0) is 28.8 Å². The molecule has 2 rings (SSSR count). The molecule has 2 nitrogen and oxygen atoms in total. The van der Waals surface area contributed by atoms with E-state index in [-0.39, 0.29) is 5.97 Å². The number of fused-ring (bicyclic) bond motifs is 1. The highest BCUT2D eigenvalue weighted by molar-refractivity contribution is 5.72. The first kappa shape index (κ1) is 11.2. The molecular formula is C14H18O2. The summed E-state index contributed by atoms with van der Waals surface area (Å²) in [5.74, 6) is -0.127. The number of aryl methyl sites for hydroxylation is 2. The van der Waals surface area contributed by atoms with E-state index in [4.69, 9.17) is 4.74 Å². The maximum Gasteiger partial charge on any atom is 0.310 e. The highest BCUT2D eigenvalue weighted by Crippen LogP contribution is 2.22. The molecule has 16 heavy (non-hydrogen) atoms. The van der Waals surface area contributed by atoms with E-state index in [1.807, 2.05) is 6.92 Å². The van der Waals surface area contributed by atoms with Crippen LogP contribution in [0.2, 0.25) is 0 Å². The van der Waals surface area contributed by atoms with Crippen molar-refractivity contribution >= 4 is 5.97 Å². The second-order valence-corrected chi connectivity index (χ2v) is 4.29. The van der Waals surface area contributed by atoms with Gasteiger partial charge in [0.1, 0.15) is 0 Å². The second-order valence-electron chi connectivity index (χ2n) is 4.29. The summed E-state index contributed by atoms with van der Waals surface area (Å²) in [4.78, 5) is 11.4. The zero-order chi connectivity index (χ0) is 11.4. The first-order valence-corrected chi connectivity index (χ1v) is 6.06. The molecule has 2 heteroatoms. The van der Waals surface area contributed by atoms with Crippen molar-refractivity contribution in [3.8, 4) is 0 Å². The van der Waals surface area contributed by atoms with Gasteiger partial charge in [-0.3, -0.25) is 4.79 Å². The number of benzene rings is 1. The third-order valence-electron chi connectivity index (χ3n) is 3.07. The van der Waals surface area contributed by atoms with Crippen LogP contribution < -0.4 is 0 Å². The summed E-state index contributed by atoms with van der Waals surface area (Å²) in [6, 6.07) is 6.40. The molecule has 0 spiro atoms.